The molecule has 23 heavy (non-hydrogen) atoms. The average Bonchev–Trinajstić information content (AvgIpc) is 3.26. The summed E-state index contributed by atoms with van der Waals surface area (Å²) in [4.78, 5) is 12.5. The first-order chi connectivity index (χ1) is 11.0. The summed E-state index contributed by atoms with van der Waals surface area (Å²) in [7, 11) is 0. The van der Waals surface area contributed by atoms with Crippen molar-refractivity contribution in [3.63, 3.8) is 0 Å². The molecule has 0 unspecified atom stereocenters. The summed E-state index contributed by atoms with van der Waals surface area (Å²) in [6.07, 6.45) is 1.88. The van der Waals surface area contributed by atoms with E-state index >= 15 is 0 Å². The first kappa shape index (κ1) is 15.7. The molecule has 3 rings (SSSR count). The third kappa shape index (κ3) is 2.99. The van der Waals surface area contributed by atoms with Crippen LogP contribution in [0.5, 0.6) is 0 Å². The predicted molar refractivity (Wildman–Crippen MR) is 84.1 cm³/mol. The largest absolute Gasteiger partial charge is 0.396 e. The maximum Gasteiger partial charge on any atom is 0.255 e. The van der Waals surface area contributed by atoms with Gasteiger partial charge in [-0.15, -0.1) is 0 Å². The Bertz CT molecular complexity index is 733. The van der Waals surface area contributed by atoms with Gasteiger partial charge in [0.1, 0.15) is 5.82 Å². The van der Waals surface area contributed by atoms with Crippen molar-refractivity contribution in [2.45, 2.75) is 26.7 Å². The molecule has 1 heterocycles. The molecule has 1 aromatic heterocycles. The molecule has 1 saturated carbocycles. The van der Waals surface area contributed by atoms with Crippen molar-refractivity contribution < 1.29 is 14.3 Å². The van der Waals surface area contributed by atoms with Crippen LogP contribution < -0.4 is 5.32 Å². The summed E-state index contributed by atoms with van der Waals surface area (Å²) >= 11 is 0. The van der Waals surface area contributed by atoms with Crippen LogP contribution in [-0.2, 0) is 0 Å². The van der Waals surface area contributed by atoms with E-state index in [-0.39, 0.29) is 23.7 Å². The van der Waals surface area contributed by atoms with Crippen molar-refractivity contribution in [3.8, 4) is 5.69 Å². The number of aryl methyl sites for hydroxylation is 1. The van der Waals surface area contributed by atoms with Crippen LogP contribution >= 0.6 is 0 Å². The van der Waals surface area contributed by atoms with Gasteiger partial charge in [-0.05, 0) is 51.0 Å². The highest BCUT2D eigenvalue weighted by Crippen LogP contribution is 2.44. The number of aliphatic hydroxyl groups excluding tert-OH is 1. The van der Waals surface area contributed by atoms with Crippen LogP contribution in [0.4, 0.5) is 4.39 Å². The third-order valence-electron chi connectivity index (χ3n) is 4.51. The normalized spacial score (nSPS) is 15.5. The molecule has 0 atom stereocenters. The van der Waals surface area contributed by atoms with Gasteiger partial charge in [-0.3, -0.25) is 4.79 Å². The molecule has 1 fully saturated rings. The summed E-state index contributed by atoms with van der Waals surface area (Å²) in [5.74, 6) is -0.500. The van der Waals surface area contributed by atoms with Gasteiger partial charge >= 0.3 is 0 Å². The summed E-state index contributed by atoms with van der Waals surface area (Å²) < 4.78 is 14.7. The minimum Gasteiger partial charge on any atom is -0.396 e. The van der Waals surface area contributed by atoms with Gasteiger partial charge < -0.3 is 10.4 Å². The number of nitrogens with zero attached hydrogens (tertiary/aromatic N) is 2. The summed E-state index contributed by atoms with van der Waals surface area (Å²) in [5.41, 5.74) is 2.44. The van der Waals surface area contributed by atoms with E-state index in [1.54, 1.807) is 23.7 Å². The van der Waals surface area contributed by atoms with Gasteiger partial charge in [0, 0.05) is 12.0 Å². The zero-order valence-corrected chi connectivity index (χ0v) is 13.3. The Balaban J connectivity index is 1.82. The molecular formula is C17H20FN3O2. The molecule has 0 spiro atoms. The number of amides is 1. The van der Waals surface area contributed by atoms with Crippen LogP contribution in [0.2, 0.25) is 0 Å². The van der Waals surface area contributed by atoms with E-state index in [2.05, 4.69) is 10.4 Å². The van der Waals surface area contributed by atoms with E-state index in [1.807, 2.05) is 6.92 Å². The SMILES string of the molecule is Cc1nn(-c2ccc(F)cc2)c(C)c1C(=O)NCC1(CO)CC1. The fourth-order valence-corrected chi connectivity index (χ4v) is 2.73. The Morgan fingerprint density at radius 3 is 2.57 bits per heavy atom. The van der Waals surface area contributed by atoms with Gasteiger partial charge in [-0.2, -0.15) is 5.10 Å². The summed E-state index contributed by atoms with van der Waals surface area (Å²) in [5, 5.41) is 16.6. The molecule has 1 amide bonds. The molecule has 122 valence electrons. The molecule has 2 N–H and O–H groups in total. The molecule has 1 aromatic carbocycles. The predicted octanol–water partition coefficient (Wildman–Crippen LogP) is 2.13. The second kappa shape index (κ2) is 5.77. The number of carbonyl (C=O) groups excluding carboxylic acids is 1. The highest BCUT2D eigenvalue weighted by molar-refractivity contribution is 5.96. The highest BCUT2D eigenvalue weighted by atomic mass is 19.1. The number of nitrogens with one attached hydrogen (secondary N) is 1. The Morgan fingerprint density at radius 1 is 1.35 bits per heavy atom. The minimum absolute atomic E-state index is 0.0973. The van der Waals surface area contributed by atoms with Gasteiger partial charge in [0.05, 0.1) is 29.2 Å². The number of benzene rings is 1. The van der Waals surface area contributed by atoms with E-state index in [0.29, 0.717) is 29.2 Å². The van der Waals surface area contributed by atoms with Gasteiger partial charge in [-0.1, -0.05) is 0 Å². The lowest BCUT2D eigenvalue weighted by atomic mass is 10.1. The summed E-state index contributed by atoms with van der Waals surface area (Å²) in [6, 6.07) is 5.98. The molecule has 0 aliphatic heterocycles. The molecule has 1 aliphatic rings. The first-order valence-electron chi connectivity index (χ1n) is 7.67. The van der Waals surface area contributed by atoms with Crippen molar-refractivity contribution in [2.24, 2.45) is 5.41 Å². The lowest BCUT2D eigenvalue weighted by Crippen LogP contribution is -2.32. The summed E-state index contributed by atoms with van der Waals surface area (Å²) in [6.45, 7) is 4.17. The number of halogens is 1. The zero-order chi connectivity index (χ0) is 16.6. The van der Waals surface area contributed by atoms with Gasteiger partial charge in [0.25, 0.3) is 5.91 Å². The second-order valence-electron chi connectivity index (χ2n) is 6.27. The van der Waals surface area contributed by atoms with Crippen LogP contribution in [0.25, 0.3) is 5.69 Å². The quantitative estimate of drug-likeness (QED) is 0.888. The fourth-order valence-electron chi connectivity index (χ4n) is 2.73. The molecule has 0 saturated heterocycles. The molecule has 0 bridgehead atoms. The Morgan fingerprint density at radius 2 is 2.00 bits per heavy atom. The number of aromatic nitrogens is 2. The number of rotatable bonds is 5. The minimum atomic E-state index is -0.313. The second-order valence-corrected chi connectivity index (χ2v) is 6.27. The lowest BCUT2D eigenvalue weighted by molar-refractivity contribution is 0.0934. The monoisotopic (exact) mass is 317 g/mol. The number of aliphatic hydroxyl groups is 1. The van der Waals surface area contributed by atoms with Gasteiger partial charge in [-0.25, -0.2) is 9.07 Å². The Kier molecular flexibility index (Phi) is 3.93. The molecule has 6 heteroatoms. The standard InChI is InChI=1S/C17H20FN3O2/c1-11-15(16(23)19-9-17(10-22)7-8-17)12(2)21(20-11)14-5-3-13(18)4-6-14/h3-6,22H,7-10H2,1-2H3,(H,19,23). The van der Waals surface area contributed by atoms with Crippen LogP contribution in [0.1, 0.15) is 34.6 Å². The number of hydrogen-bond donors (Lipinski definition) is 2. The Labute approximate surface area is 134 Å². The molecule has 1 aliphatic carbocycles. The van der Waals surface area contributed by atoms with Crippen molar-refractivity contribution in [1.82, 2.24) is 15.1 Å². The lowest BCUT2D eigenvalue weighted by Gasteiger charge is -2.13. The van der Waals surface area contributed by atoms with Crippen LogP contribution in [-0.4, -0.2) is 33.9 Å². The highest BCUT2D eigenvalue weighted by Gasteiger charge is 2.42. The Hall–Kier alpha value is -2.21. The fraction of sp³-hybridized carbons (Fsp3) is 0.412. The number of hydrogen-bond acceptors (Lipinski definition) is 3. The van der Waals surface area contributed by atoms with Crippen molar-refractivity contribution in [2.75, 3.05) is 13.2 Å². The topological polar surface area (TPSA) is 67.2 Å². The van der Waals surface area contributed by atoms with Gasteiger partial charge in [0.15, 0.2) is 0 Å². The van der Waals surface area contributed by atoms with Crippen LogP contribution in [0, 0.1) is 25.1 Å². The van der Waals surface area contributed by atoms with Gasteiger partial charge in [0.2, 0.25) is 0 Å². The third-order valence-corrected chi connectivity index (χ3v) is 4.51. The van der Waals surface area contributed by atoms with E-state index in [1.165, 1.54) is 12.1 Å². The van der Waals surface area contributed by atoms with Crippen molar-refractivity contribution in [1.29, 1.82) is 0 Å². The van der Waals surface area contributed by atoms with E-state index < -0.39 is 0 Å². The molecule has 2 aromatic rings. The molecular weight excluding hydrogens is 297 g/mol. The maximum atomic E-state index is 13.1. The molecule has 0 radical (unpaired) electrons. The maximum absolute atomic E-state index is 13.1. The average molecular weight is 317 g/mol. The zero-order valence-electron chi connectivity index (χ0n) is 13.3. The smallest absolute Gasteiger partial charge is 0.255 e. The number of carbonyl (C=O) groups is 1. The van der Waals surface area contributed by atoms with Crippen molar-refractivity contribution in [3.05, 3.63) is 47.0 Å². The van der Waals surface area contributed by atoms with E-state index in [0.717, 1.165) is 12.8 Å². The van der Waals surface area contributed by atoms with E-state index in [9.17, 15) is 14.3 Å². The van der Waals surface area contributed by atoms with Crippen LogP contribution in [0.15, 0.2) is 24.3 Å². The first-order valence-corrected chi connectivity index (χ1v) is 7.67. The van der Waals surface area contributed by atoms with Crippen molar-refractivity contribution >= 4 is 5.91 Å². The molecule has 5 nitrogen and oxygen atoms in total. The van der Waals surface area contributed by atoms with E-state index in [4.69, 9.17) is 0 Å². The van der Waals surface area contributed by atoms with Crippen LogP contribution in [0.3, 0.4) is 0 Å².